The molecule has 0 aromatic heterocycles. The molecule has 5 aliphatic carbocycles. The lowest BCUT2D eigenvalue weighted by Crippen LogP contribution is -2.68. The van der Waals surface area contributed by atoms with Gasteiger partial charge in [-0.05, 0) is 110 Å². The standard InChI is InChI=1S/C42H62O16/c1-37(2)21-8-11-42(7)31(20(43)16-18-19-17-39(4,36(53)54)13-12-38(19,3)14-15-41(18,42)6)40(21,5)10-9-22(37)55-35-27(48)28(26(47)30(58-35)33(51)52)56-34-25(46)23(44)24(45)29(57-34)32(49)50/h16,19,21-31,34-35,44-48H,8-15,17H2,1-7H3,(H,49,50)(H,51,52)(H,53,54)/t19-,21-,22-,23-,24-,25-,26-,27-,28-,29-,30-,31-,34-,35-,38-,39-,40-,41+,42-/m0/s1. The second-order valence-corrected chi connectivity index (χ2v) is 20.6. The Hall–Kier alpha value is -2.54. The number of carbonyl (C=O) groups is 4. The second kappa shape index (κ2) is 14.3. The molecule has 16 nitrogen and oxygen atoms in total. The van der Waals surface area contributed by atoms with Crippen LogP contribution in [0.2, 0.25) is 0 Å². The highest BCUT2D eigenvalue weighted by molar-refractivity contribution is 5.95. The van der Waals surface area contributed by atoms with Gasteiger partial charge in [0, 0.05) is 5.92 Å². The molecule has 2 heterocycles. The highest BCUT2D eigenvalue weighted by Gasteiger charge is 2.71. The minimum Gasteiger partial charge on any atom is -0.481 e. The number of fused-ring (bicyclic) bond motifs is 7. The predicted molar refractivity (Wildman–Crippen MR) is 199 cm³/mol. The van der Waals surface area contributed by atoms with E-state index in [1.807, 2.05) is 26.8 Å². The summed E-state index contributed by atoms with van der Waals surface area (Å²) in [6, 6.07) is 0. The number of aliphatic hydroxyl groups excluding tert-OH is 5. The Morgan fingerprint density at radius 2 is 1.28 bits per heavy atom. The van der Waals surface area contributed by atoms with Gasteiger partial charge in [-0.3, -0.25) is 9.59 Å². The number of carbonyl (C=O) groups excluding carboxylic acids is 1. The summed E-state index contributed by atoms with van der Waals surface area (Å²) in [4.78, 5) is 51.3. The van der Waals surface area contributed by atoms with Crippen molar-refractivity contribution in [2.24, 2.45) is 50.2 Å². The molecule has 0 spiro atoms. The van der Waals surface area contributed by atoms with Crippen LogP contribution < -0.4 is 0 Å². The maximum absolute atomic E-state index is 14.8. The monoisotopic (exact) mass is 822 g/mol. The Bertz CT molecular complexity index is 1730. The van der Waals surface area contributed by atoms with E-state index >= 15 is 0 Å². The molecule has 16 heteroatoms. The molecule has 4 saturated carbocycles. The normalized spacial score (nSPS) is 52.6. The predicted octanol–water partition coefficient (Wildman–Crippen LogP) is 2.25. The molecule has 19 atom stereocenters. The molecule has 0 unspecified atom stereocenters. The molecule has 8 N–H and O–H groups in total. The van der Waals surface area contributed by atoms with Gasteiger partial charge in [0.1, 0.15) is 36.6 Å². The fourth-order valence-corrected chi connectivity index (χ4v) is 13.4. The molecule has 7 aliphatic rings. The van der Waals surface area contributed by atoms with Gasteiger partial charge in [-0.15, -0.1) is 0 Å². The van der Waals surface area contributed by atoms with Gasteiger partial charge in [-0.25, -0.2) is 9.59 Å². The molecule has 0 bridgehead atoms. The number of aliphatic carboxylic acids is 3. The second-order valence-electron chi connectivity index (χ2n) is 20.6. The molecule has 7 rings (SSSR count). The molecule has 58 heavy (non-hydrogen) atoms. The van der Waals surface area contributed by atoms with Crippen molar-refractivity contribution in [3.05, 3.63) is 11.6 Å². The first kappa shape index (κ1) is 43.5. The fraction of sp³-hybridized carbons (Fsp3) is 0.857. The average Bonchev–Trinajstić information content (AvgIpc) is 3.13. The van der Waals surface area contributed by atoms with Crippen molar-refractivity contribution in [2.45, 2.75) is 174 Å². The van der Waals surface area contributed by atoms with E-state index in [0.717, 1.165) is 37.7 Å². The molecule has 6 fully saturated rings. The van der Waals surface area contributed by atoms with Crippen LogP contribution in [-0.4, -0.2) is 132 Å². The van der Waals surface area contributed by atoms with E-state index in [2.05, 4.69) is 27.7 Å². The maximum Gasteiger partial charge on any atom is 0.335 e. The van der Waals surface area contributed by atoms with Crippen LogP contribution in [0.4, 0.5) is 0 Å². The largest absolute Gasteiger partial charge is 0.481 e. The van der Waals surface area contributed by atoms with Gasteiger partial charge >= 0.3 is 17.9 Å². The van der Waals surface area contributed by atoms with Crippen molar-refractivity contribution in [3.63, 3.8) is 0 Å². The minimum absolute atomic E-state index is 0.0139. The number of carboxylic acids is 3. The molecule has 0 aromatic rings. The van der Waals surface area contributed by atoms with Gasteiger partial charge in [0.05, 0.1) is 11.5 Å². The highest BCUT2D eigenvalue weighted by atomic mass is 16.7. The lowest BCUT2D eigenvalue weighted by molar-refractivity contribution is -0.362. The highest BCUT2D eigenvalue weighted by Crippen LogP contribution is 2.75. The third-order valence-electron chi connectivity index (χ3n) is 17.2. The van der Waals surface area contributed by atoms with E-state index in [0.29, 0.717) is 25.7 Å². The maximum atomic E-state index is 14.8. The summed E-state index contributed by atoms with van der Waals surface area (Å²) in [7, 11) is 0. The van der Waals surface area contributed by atoms with Gasteiger partial charge in [0.15, 0.2) is 30.6 Å². The number of allylic oxidation sites excluding steroid dienone is 2. The number of hydrogen-bond acceptors (Lipinski definition) is 13. The first-order chi connectivity index (χ1) is 26.8. The van der Waals surface area contributed by atoms with E-state index in [1.54, 1.807) is 0 Å². The Balaban J connectivity index is 1.14. The first-order valence-electron chi connectivity index (χ1n) is 20.7. The van der Waals surface area contributed by atoms with Crippen molar-refractivity contribution < 1.29 is 79.0 Å². The number of rotatable bonds is 7. The Morgan fingerprint density at radius 3 is 1.88 bits per heavy atom. The molecule has 326 valence electrons. The fourth-order valence-electron chi connectivity index (χ4n) is 13.4. The first-order valence-corrected chi connectivity index (χ1v) is 20.7. The van der Waals surface area contributed by atoms with Crippen molar-refractivity contribution in [3.8, 4) is 0 Å². The van der Waals surface area contributed by atoms with Gasteiger partial charge in [-0.1, -0.05) is 47.1 Å². The summed E-state index contributed by atoms with van der Waals surface area (Å²) in [5.41, 5.74) is -1.71. The smallest absolute Gasteiger partial charge is 0.335 e. The molecular weight excluding hydrogens is 760 g/mol. The summed E-state index contributed by atoms with van der Waals surface area (Å²) in [5.74, 6) is -4.44. The van der Waals surface area contributed by atoms with E-state index in [9.17, 15) is 60.0 Å². The van der Waals surface area contributed by atoms with Gasteiger partial charge in [0.25, 0.3) is 0 Å². The number of ether oxygens (including phenoxy) is 4. The van der Waals surface area contributed by atoms with Crippen LogP contribution in [0.3, 0.4) is 0 Å². The van der Waals surface area contributed by atoms with Crippen molar-refractivity contribution in [1.29, 1.82) is 0 Å². The number of ketones is 1. The summed E-state index contributed by atoms with van der Waals surface area (Å²) in [5, 5.41) is 83.3. The summed E-state index contributed by atoms with van der Waals surface area (Å²) < 4.78 is 22.9. The van der Waals surface area contributed by atoms with Gasteiger partial charge in [-0.2, -0.15) is 0 Å². The molecule has 0 aromatic carbocycles. The Kier molecular flexibility index (Phi) is 10.7. The summed E-state index contributed by atoms with van der Waals surface area (Å²) in [6.45, 7) is 14.9. The van der Waals surface area contributed by atoms with Crippen LogP contribution >= 0.6 is 0 Å². The van der Waals surface area contributed by atoms with Crippen LogP contribution in [0.15, 0.2) is 11.6 Å². The lowest BCUT2D eigenvalue weighted by atomic mass is 9.33. The van der Waals surface area contributed by atoms with Gasteiger partial charge < -0.3 is 59.8 Å². The zero-order valence-electron chi connectivity index (χ0n) is 34.4. The zero-order valence-corrected chi connectivity index (χ0v) is 34.4. The third-order valence-corrected chi connectivity index (χ3v) is 17.2. The summed E-state index contributed by atoms with van der Waals surface area (Å²) >= 11 is 0. The van der Waals surface area contributed by atoms with E-state index < -0.39 is 107 Å². The van der Waals surface area contributed by atoms with E-state index in [1.165, 1.54) is 0 Å². The molecule has 2 saturated heterocycles. The summed E-state index contributed by atoms with van der Waals surface area (Å²) in [6.07, 6.45) is -12.2. The van der Waals surface area contributed by atoms with Crippen molar-refractivity contribution >= 4 is 23.7 Å². The van der Waals surface area contributed by atoms with Crippen molar-refractivity contribution in [1.82, 2.24) is 0 Å². The van der Waals surface area contributed by atoms with E-state index in [-0.39, 0.29) is 34.4 Å². The topological polar surface area (TPSA) is 267 Å². The van der Waals surface area contributed by atoms with Crippen LogP contribution in [-0.2, 0) is 38.1 Å². The van der Waals surface area contributed by atoms with Crippen LogP contribution in [0.1, 0.15) is 106 Å². The SMILES string of the molecule is CC1(C)[C@@H](O[C@H]2O[C@H](C(=O)O)[C@@H](O)[C@H](O[C@H]3O[C@H](C(=O)O)[C@@H](O)[C@H](O)[C@@H]3O)[C@@H]2O)CC[C@@]2(C)[C@H]1CC[C@@]1(C)[C@H]2C(=O)C=C2[C@@H]3C[C@@](C)(C(=O)O)CC[C@@]3(C)CC[C@]21C. The zero-order chi connectivity index (χ0) is 42.9. The quantitative estimate of drug-likeness (QED) is 0.171. The van der Waals surface area contributed by atoms with E-state index in [4.69, 9.17) is 18.9 Å². The van der Waals surface area contributed by atoms with Crippen molar-refractivity contribution in [2.75, 3.05) is 0 Å². The molecule has 0 radical (unpaired) electrons. The van der Waals surface area contributed by atoms with Crippen LogP contribution in [0.5, 0.6) is 0 Å². The number of hydrogen-bond donors (Lipinski definition) is 8. The van der Waals surface area contributed by atoms with Gasteiger partial charge in [0.2, 0.25) is 0 Å². The molecular formula is C42H62O16. The Labute approximate surface area is 337 Å². The third kappa shape index (κ3) is 6.25. The lowest BCUT2D eigenvalue weighted by Gasteiger charge is -2.70. The number of aliphatic hydroxyl groups is 5. The minimum atomic E-state index is -2.06. The Morgan fingerprint density at radius 1 is 0.690 bits per heavy atom. The molecule has 0 amide bonds. The van der Waals surface area contributed by atoms with Crippen LogP contribution in [0, 0.1) is 50.2 Å². The molecule has 2 aliphatic heterocycles. The average molecular weight is 823 g/mol. The van der Waals surface area contributed by atoms with Crippen LogP contribution in [0.25, 0.3) is 0 Å². The number of carboxylic acid groups (broad SMARTS) is 3.